The smallest absolute Gasteiger partial charge is 0.276 e. The second-order valence-electron chi connectivity index (χ2n) is 4.97. The molecule has 0 atom stereocenters. The van der Waals surface area contributed by atoms with Crippen molar-refractivity contribution < 1.29 is 19.2 Å². The number of aryl methyl sites for hydroxylation is 1. The minimum atomic E-state index is -0.758. The van der Waals surface area contributed by atoms with Crippen molar-refractivity contribution in [3.05, 3.63) is 34.9 Å². The SMILES string of the molecule is O=C1CCN(N2C(=O)c3ccc(CCBr)cc3C2=O)C(=O)N1. The summed E-state index contributed by atoms with van der Waals surface area (Å²) < 4.78 is 0. The van der Waals surface area contributed by atoms with Crippen molar-refractivity contribution in [3.63, 3.8) is 0 Å². The van der Waals surface area contributed by atoms with E-state index in [9.17, 15) is 19.2 Å². The summed E-state index contributed by atoms with van der Waals surface area (Å²) in [6.07, 6.45) is 0.779. The summed E-state index contributed by atoms with van der Waals surface area (Å²) in [6.45, 7) is 0.00436. The van der Waals surface area contributed by atoms with Crippen LogP contribution in [0.1, 0.15) is 32.7 Å². The zero-order valence-electron chi connectivity index (χ0n) is 11.5. The molecule has 1 N–H and O–H groups in total. The summed E-state index contributed by atoms with van der Waals surface area (Å²) in [4.78, 5) is 47.9. The largest absolute Gasteiger partial charge is 0.343 e. The molecule has 5 amide bonds. The summed E-state index contributed by atoms with van der Waals surface area (Å²) in [7, 11) is 0. The van der Waals surface area contributed by atoms with E-state index in [2.05, 4.69) is 21.2 Å². The number of halogens is 1. The Morgan fingerprint density at radius 1 is 1.09 bits per heavy atom. The fourth-order valence-electron chi connectivity index (χ4n) is 2.51. The molecule has 0 unspecified atom stereocenters. The van der Waals surface area contributed by atoms with Gasteiger partial charge in [0.25, 0.3) is 11.8 Å². The van der Waals surface area contributed by atoms with Crippen LogP contribution in [0.5, 0.6) is 0 Å². The van der Waals surface area contributed by atoms with Gasteiger partial charge in [-0.2, -0.15) is 5.01 Å². The van der Waals surface area contributed by atoms with Gasteiger partial charge in [0, 0.05) is 11.8 Å². The molecular formula is C14H12BrN3O4. The normalized spacial score (nSPS) is 17.9. The number of imide groups is 2. The first-order valence-electron chi connectivity index (χ1n) is 6.72. The average molecular weight is 366 g/mol. The third-order valence-electron chi connectivity index (χ3n) is 3.59. The molecule has 1 aromatic rings. The van der Waals surface area contributed by atoms with Crippen LogP contribution in [0.3, 0.4) is 0 Å². The molecule has 8 heteroatoms. The van der Waals surface area contributed by atoms with Crippen molar-refractivity contribution in [2.75, 3.05) is 11.9 Å². The van der Waals surface area contributed by atoms with E-state index >= 15 is 0 Å². The molecule has 0 aliphatic carbocycles. The quantitative estimate of drug-likeness (QED) is 0.641. The van der Waals surface area contributed by atoms with Gasteiger partial charge >= 0.3 is 6.03 Å². The molecule has 0 saturated carbocycles. The average Bonchev–Trinajstić information content (AvgIpc) is 2.72. The number of carbonyl (C=O) groups is 4. The van der Waals surface area contributed by atoms with E-state index in [0.29, 0.717) is 0 Å². The van der Waals surface area contributed by atoms with E-state index in [1.54, 1.807) is 18.2 Å². The Kier molecular flexibility index (Phi) is 3.69. The number of carbonyl (C=O) groups excluding carboxylic acids is 4. The Morgan fingerprint density at radius 2 is 1.82 bits per heavy atom. The van der Waals surface area contributed by atoms with Gasteiger partial charge in [0.1, 0.15) is 0 Å². The Bertz CT molecular complexity index is 703. The number of nitrogens with one attached hydrogen (secondary N) is 1. The van der Waals surface area contributed by atoms with Crippen molar-refractivity contribution >= 4 is 39.7 Å². The number of nitrogens with zero attached hydrogens (tertiary/aromatic N) is 2. The number of hydrazine groups is 1. The van der Waals surface area contributed by atoms with Crippen LogP contribution in [-0.2, 0) is 11.2 Å². The summed E-state index contributed by atoms with van der Waals surface area (Å²) in [5.74, 6) is -1.51. The first-order chi connectivity index (χ1) is 10.5. The molecular weight excluding hydrogens is 354 g/mol. The standard InChI is InChI=1S/C14H12BrN3O4/c15-5-3-8-1-2-9-10(7-8)13(21)18(12(9)20)17-6-4-11(19)16-14(17)22/h1-2,7H,3-6H2,(H,16,19,22). The van der Waals surface area contributed by atoms with E-state index in [1.165, 1.54) is 0 Å². The van der Waals surface area contributed by atoms with Crippen LogP contribution >= 0.6 is 15.9 Å². The lowest BCUT2D eigenvalue weighted by molar-refractivity contribution is -0.122. The van der Waals surface area contributed by atoms with Gasteiger partial charge in [-0.25, -0.2) is 9.80 Å². The van der Waals surface area contributed by atoms with Gasteiger partial charge in [0.15, 0.2) is 0 Å². The van der Waals surface area contributed by atoms with E-state index in [4.69, 9.17) is 0 Å². The topological polar surface area (TPSA) is 86.8 Å². The number of urea groups is 1. The second kappa shape index (κ2) is 5.53. The lowest BCUT2D eigenvalue weighted by atomic mass is 10.0. The Hall–Kier alpha value is -2.22. The lowest BCUT2D eigenvalue weighted by Gasteiger charge is -2.32. The van der Waals surface area contributed by atoms with E-state index in [1.807, 2.05) is 0 Å². The van der Waals surface area contributed by atoms with Crippen LogP contribution in [0.2, 0.25) is 0 Å². The predicted octanol–water partition coefficient (Wildman–Crippen LogP) is 1.08. The minimum Gasteiger partial charge on any atom is -0.276 e. The van der Waals surface area contributed by atoms with E-state index < -0.39 is 23.8 Å². The maximum atomic E-state index is 12.5. The monoisotopic (exact) mass is 365 g/mol. The summed E-state index contributed by atoms with van der Waals surface area (Å²) in [5, 5.41) is 4.64. The molecule has 3 rings (SSSR count). The minimum absolute atomic E-state index is 0.00436. The number of fused-ring (bicyclic) bond motifs is 1. The van der Waals surface area contributed by atoms with Crippen molar-refractivity contribution in [3.8, 4) is 0 Å². The molecule has 2 aliphatic heterocycles. The third-order valence-corrected chi connectivity index (χ3v) is 3.98. The second-order valence-corrected chi connectivity index (χ2v) is 5.76. The number of hydrogen-bond acceptors (Lipinski definition) is 4. The predicted molar refractivity (Wildman–Crippen MR) is 79.3 cm³/mol. The van der Waals surface area contributed by atoms with Crippen LogP contribution in [0.15, 0.2) is 18.2 Å². The molecule has 0 bridgehead atoms. The van der Waals surface area contributed by atoms with Gasteiger partial charge in [0.05, 0.1) is 17.7 Å². The molecule has 1 saturated heterocycles. The number of hydrogen-bond donors (Lipinski definition) is 1. The number of benzene rings is 1. The maximum absolute atomic E-state index is 12.5. The third kappa shape index (κ3) is 2.29. The van der Waals surface area contributed by atoms with Crippen molar-refractivity contribution in [1.82, 2.24) is 15.3 Å². The highest BCUT2D eigenvalue weighted by Crippen LogP contribution is 2.26. The number of alkyl halides is 1. The van der Waals surface area contributed by atoms with Crippen molar-refractivity contribution in [2.24, 2.45) is 0 Å². The van der Waals surface area contributed by atoms with Crippen LogP contribution in [-0.4, -0.2) is 45.6 Å². The fraction of sp³-hybridized carbons (Fsp3) is 0.286. The van der Waals surface area contributed by atoms with Gasteiger partial charge in [0.2, 0.25) is 5.91 Å². The molecule has 114 valence electrons. The molecule has 7 nitrogen and oxygen atoms in total. The van der Waals surface area contributed by atoms with Gasteiger partial charge in [-0.15, -0.1) is 0 Å². The molecule has 0 radical (unpaired) electrons. The van der Waals surface area contributed by atoms with Crippen molar-refractivity contribution in [2.45, 2.75) is 12.8 Å². The van der Waals surface area contributed by atoms with Gasteiger partial charge in [-0.1, -0.05) is 22.0 Å². The summed E-state index contributed by atoms with van der Waals surface area (Å²) in [5.41, 5.74) is 1.48. The van der Waals surface area contributed by atoms with Crippen LogP contribution in [0.4, 0.5) is 4.79 Å². The first kappa shape index (κ1) is 14.7. The molecule has 22 heavy (non-hydrogen) atoms. The first-order valence-corrected chi connectivity index (χ1v) is 7.84. The molecule has 0 spiro atoms. The molecule has 1 fully saturated rings. The molecule has 1 aromatic carbocycles. The lowest BCUT2D eigenvalue weighted by Crippen LogP contribution is -2.58. The van der Waals surface area contributed by atoms with Gasteiger partial charge < -0.3 is 0 Å². The highest BCUT2D eigenvalue weighted by atomic mass is 79.9. The molecule has 0 aromatic heterocycles. The van der Waals surface area contributed by atoms with Gasteiger partial charge in [-0.3, -0.25) is 19.7 Å². The fourth-order valence-corrected chi connectivity index (χ4v) is 2.96. The zero-order valence-corrected chi connectivity index (χ0v) is 13.1. The van der Waals surface area contributed by atoms with Crippen LogP contribution in [0, 0.1) is 0 Å². The highest BCUT2D eigenvalue weighted by molar-refractivity contribution is 9.09. The Balaban J connectivity index is 1.93. The maximum Gasteiger partial charge on any atom is 0.343 e. The van der Waals surface area contributed by atoms with E-state index in [0.717, 1.165) is 27.3 Å². The van der Waals surface area contributed by atoms with Gasteiger partial charge in [-0.05, 0) is 24.1 Å². The Morgan fingerprint density at radius 3 is 2.50 bits per heavy atom. The van der Waals surface area contributed by atoms with Crippen molar-refractivity contribution in [1.29, 1.82) is 0 Å². The molecule has 2 aliphatic rings. The molecule has 2 heterocycles. The zero-order chi connectivity index (χ0) is 15.9. The van der Waals surface area contributed by atoms with Crippen LogP contribution in [0.25, 0.3) is 0 Å². The van der Waals surface area contributed by atoms with Crippen LogP contribution < -0.4 is 5.32 Å². The highest BCUT2D eigenvalue weighted by Gasteiger charge is 2.43. The number of rotatable bonds is 3. The van der Waals surface area contributed by atoms with E-state index in [-0.39, 0.29) is 24.1 Å². The summed E-state index contributed by atoms with van der Waals surface area (Å²) in [6, 6.07) is 4.30. The summed E-state index contributed by atoms with van der Waals surface area (Å²) >= 11 is 3.33. The number of amides is 5. The Labute approximate surface area is 134 Å².